The van der Waals surface area contributed by atoms with Crippen LogP contribution in [-0.2, 0) is 4.79 Å². The van der Waals surface area contributed by atoms with Crippen LogP contribution in [0.3, 0.4) is 0 Å². The van der Waals surface area contributed by atoms with Crippen LogP contribution in [0, 0.1) is 17.1 Å². The van der Waals surface area contributed by atoms with Crippen molar-refractivity contribution in [2.45, 2.75) is 0 Å². The van der Waals surface area contributed by atoms with Crippen LogP contribution in [0.4, 0.5) is 10.1 Å². The lowest BCUT2D eigenvalue weighted by molar-refractivity contribution is -0.112. The number of nitrogens with one attached hydrogen (secondary N) is 1. The first-order valence-corrected chi connectivity index (χ1v) is 7.72. The third-order valence-electron chi connectivity index (χ3n) is 2.73. The summed E-state index contributed by atoms with van der Waals surface area (Å²) < 4.78 is 15.2. The lowest BCUT2D eigenvalue weighted by Crippen LogP contribution is -2.14. The average molecular weight is 424 g/mol. The Kier molecular flexibility index (Phi) is 5.47. The number of nitriles is 1. The number of hydrogen-bond acceptors (Lipinski definition) is 2. The summed E-state index contributed by atoms with van der Waals surface area (Å²) in [5, 5.41) is 11.5. The highest BCUT2D eigenvalue weighted by Crippen LogP contribution is 2.20. The predicted octanol–water partition coefficient (Wildman–Crippen LogP) is 4.90. The normalized spacial score (nSPS) is 10.9. The minimum absolute atomic E-state index is 0.0187. The van der Waals surface area contributed by atoms with Gasteiger partial charge in [0.2, 0.25) is 0 Å². The third kappa shape index (κ3) is 4.26. The van der Waals surface area contributed by atoms with Gasteiger partial charge in [0, 0.05) is 8.95 Å². The number of rotatable bonds is 3. The van der Waals surface area contributed by atoms with Gasteiger partial charge in [-0.05, 0) is 42.0 Å². The van der Waals surface area contributed by atoms with E-state index in [4.69, 9.17) is 5.26 Å². The Morgan fingerprint density at radius 2 is 1.77 bits per heavy atom. The van der Waals surface area contributed by atoms with E-state index < -0.39 is 11.7 Å². The van der Waals surface area contributed by atoms with E-state index >= 15 is 0 Å². The van der Waals surface area contributed by atoms with Gasteiger partial charge < -0.3 is 5.32 Å². The molecule has 6 heteroatoms. The molecule has 1 amide bonds. The van der Waals surface area contributed by atoms with Crippen molar-refractivity contribution in [1.29, 1.82) is 5.26 Å². The van der Waals surface area contributed by atoms with Gasteiger partial charge >= 0.3 is 0 Å². The summed E-state index contributed by atoms with van der Waals surface area (Å²) in [6.07, 6.45) is 1.44. The van der Waals surface area contributed by atoms with Gasteiger partial charge in [-0.3, -0.25) is 4.79 Å². The molecule has 2 aromatic rings. The van der Waals surface area contributed by atoms with Gasteiger partial charge in [-0.1, -0.05) is 44.0 Å². The maximum absolute atomic E-state index is 13.7. The van der Waals surface area contributed by atoms with Crippen molar-refractivity contribution >= 4 is 49.5 Å². The fraction of sp³-hybridized carbons (Fsp3) is 0. The fourth-order valence-electron chi connectivity index (χ4n) is 1.65. The number of hydrogen-bond donors (Lipinski definition) is 1. The Labute approximate surface area is 143 Å². The van der Waals surface area contributed by atoms with E-state index in [0.717, 1.165) is 4.47 Å². The largest absolute Gasteiger partial charge is 0.319 e. The van der Waals surface area contributed by atoms with Gasteiger partial charge in [-0.15, -0.1) is 0 Å². The number of halogens is 3. The number of nitrogens with zero attached hydrogens (tertiary/aromatic N) is 1. The van der Waals surface area contributed by atoms with E-state index in [2.05, 4.69) is 37.2 Å². The van der Waals surface area contributed by atoms with Crippen LogP contribution in [0.2, 0.25) is 0 Å². The Balaban J connectivity index is 2.22. The molecule has 0 aromatic heterocycles. The summed E-state index contributed by atoms with van der Waals surface area (Å²) in [6.45, 7) is 0. The summed E-state index contributed by atoms with van der Waals surface area (Å²) in [5.74, 6) is -1.24. The van der Waals surface area contributed by atoms with Gasteiger partial charge in [-0.25, -0.2) is 4.39 Å². The number of carbonyl (C=O) groups is 1. The van der Waals surface area contributed by atoms with Gasteiger partial charge in [-0.2, -0.15) is 5.26 Å². The smallest absolute Gasteiger partial charge is 0.266 e. The minimum atomic E-state index is -0.661. The maximum Gasteiger partial charge on any atom is 0.266 e. The van der Waals surface area contributed by atoms with E-state index in [0.29, 0.717) is 10.0 Å². The molecule has 0 aliphatic rings. The standard InChI is InChI=1S/C16H9Br2FN2O/c17-12-3-1-10(2-4-12)7-11(9-20)16(22)21-15-6-5-13(18)8-14(15)19/h1-8H,(H,21,22)/b11-7-. The van der Waals surface area contributed by atoms with Crippen molar-refractivity contribution in [3.8, 4) is 6.07 Å². The molecular formula is C16H9Br2FN2O. The minimum Gasteiger partial charge on any atom is -0.319 e. The maximum atomic E-state index is 13.7. The van der Waals surface area contributed by atoms with Gasteiger partial charge in [0.1, 0.15) is 17.5 Å². The number of benzene rings is 2. The van der Waals surface area contributed by atoms with Crippen LogP contribution in [0.5, 0.6) is 0 Å². The number of carbonyl (C=O) groups excluding carboxylic acids is 1. The molecule has 0 aliphatic heterocycles. The fourth-order valence-corrected chi connectivity index (χ4v) is 2.25. The first-order chi connectivity index (χ1) is 10.5. The highest BCUT2D eigenvalue weighted by molar-refractivity contribution is 9.10. The van der Waals surface area contributed by atoms with E-state index in [9.17, 15) is 9.18 Å². The molecule has 0 saturated carbocycles. The molecule has 2 aromatic carbocycles. The molecule has 0 bridgehead atoms. The van der Waals surface area contributed by atoms with E-state index in [-0.39, 0.29) is 11.3 Å². The first kappa shape index (κ1) is 16.4. The quantitative estimate of drug-likeness (QED) is 0.564. The summed E-state index contributed by atoms with van der Waals surface area (Å²) in [7, 11) is 0. The Bertz CT molecular complexity index is 780. The number of amides is 1. The summed E-state index contributed by atoms with van der Waals surface area (Å²) in [4.78, 5) is 12.1. The van der Waals surface area contributed by atoms with E-state index in [1.54, 1.807) is 30.3 Å². The van der Waals surface area contributed by atoms with Crippen LogP contribution in [0.1, 0.15) is 5.56 Å². The molecule has 110 valence electrons. The molecule has 0 atom stereocenters. The summed E-state index contributed by atoms with van der Waals surface area (Å²) >= 11 is 6.44. The molecule has 1 N–H and O–H groups in total. The van der Waals surface area contributed by atoms with Crippen molar-refractivity contribution in [2.75, 3.05) is 5.32 Å². The zero-order valence-electron chi connectivity index (χ0n) is 11.1. The molecule has 22 heavy (non-hydrogen) atoms. The molecule has 2 rings (SSSR count). The van der Waals surface area contributed by atoms with Crippen molar-refractivity contribution in [1.82, 2.24) is 0 Å². The van der Waals surface area contributed by atoms with Crippen LogP contribution in [0.25, 0.3) is 6.08 Å². The first-order valence-electron chi connectivity index (χ1n) is 6.13. The molecule has 0 spiro atoms. The molecular weight excluding hydrogens is 415 g/mol. The number of anilines is 1. The molecule has 0 fully saturated rings. The van der Waals surface area contributed by atoms with Crippen LogP contribution in [-0.4, -0.2) is 5.91 Å². The van der Waals surface area contributed by atoms with Gasteiger partial charge in [0.15, 0.2) is 0 Å². The van der Waals surface area contributed by atoms with Crippen LogP contribution >= 0.6 is 31.9 Å². The van der Waals surface area contributed by atoms with Gasteiger partial charge in [0.05, 0.1) is 5.69 Å². The average Bonchev–Trinajstić information content (AvgIpc) is 2.49. The molecule has 0 radical (unpaired) electrons. The summed E-state index contributed by atoms with van der Waals surface area (Å²) in [5.41, 5.74) is 0.612. The zero-order valence-corrected chi connectivity index (χ0v) is 14.3. The molecule has 0 aliphatic carbocycles. The molecule has 3 nitrogen and oxygen atoms in total. The van der Waals surface area contributed by atoms with Crippen molar-refractivity contribution in [3.63, 3.8) is 0 Å². The predicted molar refractivity (Wildman–Crippen MR) is 90.5 cm³/mol. The van der Waals surface area contributed by atoms with Gasteiger partial charge in [0.25, 0.3) is 5.91 Å². The molecule has 0 saturated heterocycles. The second kappa shape index (κ2) is 7.34. The zero-order chi connectivity index (χ0) is 16.1. The van der Waals surface area contributed by atoms with Crippen molar-refractivity contribution in [3.05, 3.63) is 68.4 Å². The topological polar surface area (TPSA) is 52.9 Å². The monoisotopic (exact) mass is 422 g/mol. The Hall–Kier alpha value is -1.97. The third-order valence-corrected chi connectivity index (χ3v) is 3.75. The highest BCUT2D eigenvalue weighted by atomic mass is 79.9. The van der Waals surface area contributed by atoms with Crippen LogP contribution < -0.4 is 5.32 Å². The van der Waals surface area contributed by atoms with E-state index in [1.165, 1.54) is 18.2 Å². The van der Waals surface area contributed by atoms with Crippen molar-refractivity contribution in [2.24, 2.45) is 0 Å². The second-order valence-corrected chi connectivity index (χ2v) is 6.13. The highest BCUT2D eigenvalue weighted by Gasteiger charge is 2.12. The molecule has 0 unspecified atom stereocenters. The SMILES string of the molecule is N#C/C(=C/c1ccc(Br)cc1)C(=O)Nc1ccc(Br)cc1F. The Morgan fingerprint density at radius 1 is 1.14 bits per heavy atom. The van der Waals surface area contributed by atoms with Crippen molar-refractivity contribution < 1.29 is 9.18 Å². The van der Waals surface area contributed by atoms with Crippen LogP contribution in [0.15, 0.2) is 57.0 Å². The lowest BCUT2D eigenvalue weighted by atomic mass is 10.1. The Morgan fingerprint density at radius 3 is 2.36 bits per heavy atom. The molecule has 0 heterocycles. The second-order valence-electron chi connectivity index (χ2n) is 4.30. The summed E-state index contributed by atoms with van der Waals surface area (Å²) in [6, 6.07) is 13.2. The lowest BCUT2D eigenvalue weighted by Gasteiger charge is -2.06. The van der Waals surface area contributed by atoms with E-state index in [1.807, 2.05) is 6.07 Å².